The van der Waals surface area contributed by atoms with Crippen LogP contribution in [0.5, 0.6) is 0 Å². The summed E-state index contributed by atoms with van der Waals surface area (Å²) < 4.78 is 8.75. The van der Waals surface area contributed by atoms with Gasteiger partial charge in [0.15, 0.2) is 4.80 Å². The highest BCUT2D eigenvalue weighted by atomic mass is 32.1. The van der Waals surface area contributed by atoms with Gasteiger partial charge in [-0.15, -0.1) is 0 Å². The highest BCUT2D eigenvalue weighted by Crippen LogP contribution is 2.25. The highest BCUT2D eigenvalue weighted by Gasteiger charge is 2.22. The molecule has 1 heterocycles. The van der Waals surface area contributed by atoms with E-state index in [1.165, 1.54) is 0 Å². The van der Waals surface area contributed by atoms with Crippen LogP contribution in [-0.2, 0) is 16.1 Å². The van der Waals surface area contributed by atoms with E-state index in [1.807, 2.05) is 19.1 Å². The molecule has 2 aromatic rings. The van der Waals surface area contributed by atoms with E-state index in [-0.39, 0.29) is 11.8 Å². The van der Waals surface area contributed by atoms with Gasteiger partial charge < -0.3 is 9.30 Å². The van der Waals surface area contributed by atoms with E-state index in [2.05, 4.69) is 21.7 Å². The minimum Gasteiger partial charge on any atom is -0.380 e. The zero-order valence-electron chi connectivity index (χ0n) is 13.0. The Labute approximate surface area is 134 Å². The molecule has 1 aromatic heterocycles. The maximum absolute atomic E-state index is 12.4. The summed E-state index contributed by atoms with van der Waals surface area (Å²) >= 11 is 1.59. The van der Waals surface area contributed by atoms with Gasteiger partial charge in [0.25, 0.3) is 5.91 Å². The van der Waals surface area contributed by atoms with Gasteiger partial charge in [-0.05, 0) is 31.9 Å². The van der Waals surface area contributed by atoms with Crippen molar-refractivity contribution >= 4 is 27.5 Å². The van der Waals surface area contributed by atoms with E-state index in [9.17, 15) is 4.79 Å². The topological polar surface area (TPSA) is 43.6 Å². The van der Waals surface area contributed by atoms with Gasteiger partial charge in [-0.1, -0.05) is 36.3 Å². The second-order valence-electron chi connectivity index (χ2n) is 5.63. The summed E-state index contributed by atoms with van der Waals surface area (Å²) in [6.45, 7) is 4.07. The molecule has 5 heteroatoms. The number of para-hydroxylation sites is 1. The summed E-state index contributed by atoms with van der Waals surface area (Å²) in [5, 5.41) is 0. The fourth-order valence-electron chi connectivity index (χ4n) is 2.98. The number of aromatic nitrogens is 1. The first kappa shape index (κ1) is 15.4. The first-order chi connectivity index (χ1) is 10.8. The average Bonchev–Trinajstić information content (AvgIpc) is 3.16. The molecule has 0 aliphatic heterocycles. The zero-order chi connectivity index (χ0) is 15.4. The van der Waals surface area contributed by atoms with Crippen molar-refractivity contribution in [1.82, 2.24) is 4.57 Å². The number of fused-ring (bicyclic) bond motifs is 1. The number of hydrogen-bond donors (Lipinski definition) is 0. The first-order valence-corrected chi connectivity index (χ1v) is 8.86. The third-order valence-corrected chi connectivity index (χ3v) is 5.22. The van der Waals surface area contributed by atoms with Gasteiger partial charge in [0.1, 0.15) is 0 Å². The molecule has 118 valence electrons. The second-order valence-corrected chi connectivity index (χ2v) is 6.64. The quantitative estimate of drug-likeness (QED) is 0.794. The Hall–Kier alpha value is -1.46. The van der Waals surface area contributed by atoms with Crippen LogP contribution in [-0.4, -0.2) is 23.7 Å². The number of nitrogens with zero attached hydrogens (tertiary/aromatic N) is 2. The van der Waals surface area contributed by atoms with Crippen LogP contribution in [0.4, 0.5) is 0 Å². The number of carbonyl (C=O) groups is 1. The molecular formula is C17H22N2O2S. The van der Waals surface area contributed by atoms with E-state index in [0.717, 1.165) is 47.2 Å². The summed E-state index contributed by atoms with van der Waals surface area (Å²) in [6.07, 6.45) is 4.30. The SMILES string of the molecule is CCOCCn1c(=NC(=O)C2CCCC2)sc2ccccc21. The van der Waals surface area contributed by atoms with Crippen LogP contribution in [0, 0.1) is 5.92 Å². The smallest absolute Gasteiger partial charge is 0.251 e. The van der Waals surface area contributed by atoms with Crippen molar-refractivity contribution < 1.29 is 9.53 Å². The number of amides is 1. The number of rotatable bonds is 5. The number of hydrogen-bond acceptors (Lipinski definition) is 3. The molecule has 1 aliphatic rings. The van der Waals surface area contributed by atoms with Crippen molar-refractivity contribution in [2.45, 2.75) is 39.2 Å². The molecule has 1 amide bonds. The molecule has 0 unspecified atom stereocenters. The Kier molecular flexibility index (Phi) is 5.05. The normalized spacial score (nSPS) is 16.7. The van der Waals surface area contributed by atoms with E-state index in [0.29, 0.717) is 13.2 Å². The van der Waals surface area contributed by atoms with Crippen molar-refractivity contribution in [3.63, 3.8) is 0 Å². The van der Waals surface area contributed by atoms with Crippen molar-refractivity contribution in [2.24, 2.45) is 10.9 Å². The van der Waals surface area contributed by atoms with Crippen LogP contribution >= 0.6 is 11.3 Å². The van der Waals surface area contributed by atoms with E-state index < -0.39 is 0 Å². The molecule has 0 radical (unpaired) electrons. The van der Waals surface area contributed by atoms with Crippen molar-refractivity contribution in [3.8, 4) is 0 Å². The summed E-state index contributed by atoms with van der Waals surface area (Å²) in [5.74, 6) is 0.180. The molecule has 3 rings (SSSR count). The lowest BCUT2D eigenvalue weighted by molar-refractivity contribution is -0.121. The molecule has 0 spiro atoms. The molecular weight excluding hydrogens is 296 g/mol. The molecule has 0 atom stereocenters. The largest absolute Gasteiger partial charge is 0.380 e. The van der Waals surface area contributed by atoms with Gasteiger partial charge >= 0.3 is 0 Å². The average molecular weight is 318 g/mol. The third kappa shape index (κ3) is 3.31. The van der Waals surface area contributed by atoms with Crippen LogP contribution in [0.25, 0.3) is 10.2 Å². The molecule has 0 saturated heterocycles. The van der Waals surface area contributed by atoms with Gasteiger partial charge in [-0.2, -0.15) is 4.99 Å². The van der Waals surface area contributed by atoms with E-state index in [1.54, 1.807) is 11.3 Å². The second kappa shape index (κ2) is 7.20. The van der Waals surface area contributed by atoms with Crippen LogP contribution in [0.15, 0.2) is 29.3 Å². The Bertz CT molecular complexity index is 711. The van der Waals surface area contributed by atoms with Crippen molar-refractivity contribution in [1.29, 1.82) is 0 Å². The molecule has 0 bridgehead atoms. The molecule has 0 N–H and O–H groups in total. The molecule has 1 aromatic carbocycles. The maximum atomic E-state index is 12.4. The van der Waals surface area contributed by atoms with Crippen molar-refractivity contribution in [3.05, 3.63) is 29.1 Å². The predicted molar refractivity (Wildman–Crippen MR) is 88.8 cm³/mol. The standard InChI is InChI=1S/C17H22N2O2S/c1-2-21-12-11-19-14-9-5-6-10-15(14)22-17(19)18-16(20)13-7-3-4-8-13/h5-6,9-10,13H,2-4,7-8,11-12H2,1H3. The summed E-state index contributed by atoms with van der Waals surface area (Å²) in [4.78, 5) is 17.6. The Morgan fingerprint density at radius 1 is 1.36 bits per heavy atom. The van der Waals surface area contributed by atoms with Crippen LogP contribution in [0.2, 0.25) is 0 Å². The minimum absolute atomic E-state index is 0.0502. The summed E-state index contributed by atoms with van der Waals surface area (Å²) in [7, 11) is 0. The lowest BCUT2D eigenvalue weighted by Gasteiger charge is -2.06. The van der Waals surface area contributed by atoms with Gasteiger partial charge in [0, 0.05) is 19.1 Å². The molecule has 22 heavy (non-hydrogen) atoms. The maximum Gasteiger partial charge on any atom is 0.251 e. The number of carbonyl (C=O) groups excluding carboxylic acids is 1. The Morgan fingerprint density at radius 3 is 2.91 bits per heavy atom. The van der Waals surface area contributed by atoms with E-state index in [4.69, 9.17) is 4.74 Å². The molecule has 4 nitrogen and oxygen atoms in total. The summed E-state index contributed by atoms with van der Waals surface area (Å²) in [6, 6.07) is 8.20. The Balaban J connectivity index is 1.95. The van der Waals surface area contributed by atoms with Crippen LogP contribution < -0.4 is 4.80 Å². The molecule has 1 aliphatic carbocycles. The third-order valence-electron chi connectivity index (χ3n) is 4.16. The van der Waals surface area contributed by atoms with Gasteiger partial charge in [-0.25, -0.2) is 0 Å². The van der Waals surface area contributed by atoms with Crippen molar-refractivity contribution in [2.75, 3.05) is 13.2 Å². The fourth-order valence-corrected chi connectivity index (χ4v) is 4.04. The van der Waals surface area contributed by atoms with Crippen LogP contribution in [0.1, 0.15) is 32.6 Å². The molecule has 1 fully saturated rings. The lowest BCUT2D eigenvalue weighted by Crippen LogP contribution is -2.21. The molecule has 1 saturated carbocycles. The summed E-state index contributed by atoms with van der Waals surface area (Å²) in [5.41, 5.74) is 1.13. The predicted octanol–water partition coefficient (Wildman–Crippen LogP) is 3.36. The lowest BCUT2D eigenvalue weighted by atomic mass is 10.1. The van der Waals surface area contributed by atoms with Gasteiger partial charge in [0.2, 0.25) is 0 Å². The fraction of sp³-hybridized carbons (Fsp3) is 0.529. The Morgan fingerprint density at radius 2 is 2.14 bits per heavy atom. The minimum atomic E-state index is 0.0502. The first-order valence-electron chi connectivity index (χ1n) is 8.04. The zero-order valence-corrected chi connectivity index (χ0v) is 13.8. The van der Waals surface area contributed by atoms with E-state index >= 15 is 0 Å². The van der Waals surface area contributed by atoms with Gasteiger partial charge in [0.05, 0.1) is 16.8 Å². The number of benzene rings is 1. The number of ether oxygens (including phenoxy) is 1. The number of thiazole rings is 1. The monoisotopic (exact) mass is 318 g/mol. The van der Waals surface area contributed by atoms with Crippen LogP contribution in [0.3, 0.4) is 0 Å². The van der Waals surface area contributed by atoms with Gasteiger partial charge in [-0.3, -0.25) is 4.79 Å². The highest BCUT2D eigenvalue weighted by molar-refractivity contribution is 7.16.